The molecule has 2 aromatic heterocycles. The molecule has 26 rings (SSSR count). The number of para-hydroxylation sites is 14. The second-order valence-corrected chi connectivity index (χ2v) is 35.4. The second kappa shape index (κ2) is 37.8. The lowest BCUT2D eigenvalue weighted by Crippen LogP contribution is -2.55. The Morgan fingerprint density at radius 3 is 1.18 bits per heavy atom. The van der Waals surface area contributed by atoms with E-state index in [0.717, 1.165) is 62.8 Å². The van der Waals surface area contributed by atoms with E-state index in [2.05, 4.69) is 430 Å². The van der Waals surface area contributed by atoms with Gasteiger partial charge in [0.2, 0.25) is 0 Å². The first-order valence-electron chi connectivity index (χ1n) is 43.2. The zero-order chi connectivity index (χ0) is 89.0. The summed E-state index contributed by atoms with van der Waals surface area (Å²) in [5.41, 5.74) is 45.1. The molecule has 0 saturated heterocycles. The molecule has 0 bridgehead atoms. The lowest BCUT2D eigenvalue weighted by molar-refractivity contribution is 0.426. The standard InChI is InChI=1S/C27H18BN3.C18H12BBrN2.C18H14BBrN2.C18H13BN2.C12H10BBrO2.C9H6BrN.C6H8N2/c1-5-13-23-19(9-1)17-18-27(29-23)31-26-16-8-7-15-25(26)30-24-14-6-3-11-21(24)20-10-2-4-12-22(20)28(30)31;20-14-8-5-11-17-18(14)12-6-1-2-7-13(12)19-21-15-9-3-4-10-16(15)22(17)19;20-16-10-4-2-8-14(16)13-7-1-3-9-15(13)19-21-17-11-5-6-12-18(17)22-19;1-3-9-15-13(7-1)14-8-2-5-11-17(14)21-18-12-6-4-10-16(18)20-19(15)21;14-12-8-4-2-6-10(12)9-5-1-3-7-11(9)13(15)16;10-9-6-5-7-3-1-2-4-8(7)11-9;7-5-3-1-2-4-6(5)8/h1-18H;1-11,21H;1-12,21-22H;1-12,20H;1-8,15-16H;1-6H;1-4H,7-8H2. The molecule has 7 aliphatic heterocycles. The van der Waals surface area contributed by atoms with Gasteiger partial charge in [0.15, 0.2) is 0 Å². The maximum Gasteiger partial charge on any atom is 0.489 e. The minimum absolute atomic E-state index is 0.0252. The number of anilines is 14. The van der Waals surface area contributed by atoms with Gasteiger partial charge in [0.05, 0.1) is 45.2 Å². The van der Waals surface area contributed by atoms with Crippen LogP contribution in [0.3, 0.4) is 0 Å². The van der Waals surface area contributed by atoms with E-state index in [1.807, 2.05) is 84.9 Å². The third-order valence-corrected chi connectivity index (χ3v) is 26.7. The summed E-state index contributed by atoms with van der Waals surface area (Å²) in [6, 6.07) is 148. The highest BCUT2D eigenvalue weighted by Crippen LogP contribution is 2.53. The highest BCUT2D eigenvalue weighted by molar-refractivity contribution is 9.11. The van der Waals surface area contributed by atoms with E-state index in [1.54, 1.807) is 24.3 Å². The van der Waals surface area contributed by atoms with Crippen molar-refractivity contribution in [1.29, 1.82) is 0 Å². The van der Waals surface area contributed by atoms with E-state index in [4.69, 9.17) is 16.5 Å². The Hall–Kier alpha value is -14.3. The normalized spacial score (nSPS) is 12.5. The monoisotopic (exact) mass is 1950 g/mol. The molecular formula is C108H81B5Br4N12O2. The molecule has 17 aromatic carbocycles. The highest BCUT2D eigenvalue weighted by Gasteiger charge is 2.49. The van der Waals surface area contributed by atoms with Crippen molar-refractivity contribution in [2.24, 2.45) is 0 Å². The van der Waals surface area contributed by atoms with E-state index in [0.29, 0.717) is 16.8 Å². The number of fused-ring (bicyclic) bond motifs is 27. The fourth-order valence-electron chi connectivity index (χ4n) is 18.3. The molecule has 0 aliphatic carbocycles. The van der Waals surface area contributed by atoms with E-state index in [-0.39, 0.29) is 27.9 Å². The Kier molecular flexibility index (Phi) is 24.5. The topological polar surface area (TPSA) is 179 Å². The van der Waals surface area contributed by atoms with Gasteiger partial charge in [-0.1, -0.05) is 351 Å². The molecule has 131 heavy (non-hydrogen) atoms. The van der Waals surface area contributed by atoms with Crippen LogP contribution in [0.4, 0.5) is 79.8 Å². The number of aromatic nitrogens is 2. The molecule has 9 heterocycles. The van der Waals surface area contributed by atoms with Gasteiger partial charge in [-0.15, -0.1) is 0 Å². The lowest BCUT2D eigenvalue weighted by atomic mass is 9.59. The number of rotatable bonds is 5. The Labute approximate surface area is 796 Å². The minimum Gasteiger partial charge on any atom is -0.423 e. The zero-order valence-electron chi connectivity index (χ0n) is 70.6. The molecule has 0 atom stereocenters. The number of nitrogens with two attached hydrogens (primary N) is 2. The van der Waals surface area contributed by atoms with Crippen LogP contribution >= 0.6 is 63.7 Å². The second-order valence-electron chi connectivity index (χ2n) is 32.0. The molecule has 0 fully saturated rings. The first-order valence-corrected chi connectivity index (χ1v) is 46.4. The van der Waals surface area contributed by atoms with Gasteiger partial charge >= 0.3 is 35.0 Å². The van der Waals surface area contributed by atoms with E-state index in [1.165, 1.54) is 123 Å². The van der Waals surface area contributed by atoms with Gasteiger partial charge in [-0.25, -0.2) is 9.97 Å². The molecule has 19 aromatic rings. The van der Waals surface area contributed by atoms with E-state index >= 15 is 0 Å². The number of nitrogen functional groups attached to an aromatic ring is 2. The van der Waals surface area contributed by atoms with Crippen LogP contribution in [0.5, 0.6) is 0 Å². The number of benzene rings is 17. The third-order valence-electron chi connectivity index (χ3n) is 24.3. The number of pyridine rings is 2. The number of nitrogens with zero attached hydrogens (tertiary/aromatic N) is 6. The lowest BCUT2D eigenvalue weighted by Gasteiger charge is -2.36. The van der Waals surface area contributed by atoms with Gasteiger partial charge in [0.1, 0.15) is 10.4 Å². The molecule has 0 unspecified atom stereocenters. The first-order chi connectivity index (χ1) is 64.4. The van der Waals surface area contributed by atoms with Crippen molar-refractivity contribution in [2.75, 3.05) is 51.6 Å². The molecule has 23 heteroatoms. The van der Waals surface area contributed by atoms with Gasteiger partial charge in [-0.05, 0) is 210 Å². The summed E-state index contributed by atoms with van der Waals surface area (Å²) in [6.07, 6.45) is 0. The van der Waals surface area contributed by atoms with Crippen molar-refractivity contribution in [3.05, 3.63) is 449 Å². The molecular weight excluding hydrogens is 1870 g/mol. The smallest absolute Gasteiger partial charge is 0.423 e. The van der Waals surface area contributed by atoms with Crippen LogP contribution in [0.25, 0.3) is 77.4 Å². The quantitative estimate of drug-likeness (QED) is 0.0463. The maximum absolute atomic E-state index is 9.30. The summed E-state index contributed by atoms with van der Waals surface area (Å²) in [4.78, 5) is 19.0. The average molecular weight is 1950 g/mol. The van der Waals surface area contributed by atoms with Gasteiger partial charge in [0.25, 0.3) is 0 Å². The number of hydrogen-bond donors (Lipinski definition) is 8. The summed E-state index contributed by atoms with van der Waals surface area (Å²) in [6.45, 7) is 0.460. The van der Waals surface area contributed by atoms with Crippen molar-refractivity contribution in [1.82, 2.24) is 9.97 Å². The van der Waals surface area contributed by atoms with E-state index < -0.39 is 7.12 Å². The van der Waals surface area contributed by atoms with Crippen molar-refractivity contribution in [3.63, 3.8) is 0 Å². The van der Waals surface area contributed by atoms with Crippen molar-refractivity contribution in [3.8, 4) is 55.6 Å². The Morgan fingerprint density at radius 2 is 0.626 bits per heavy atom. The van der Waals surface area contributed by atoms with Gasteiger partial charge in [0, 0.05) is 80.7 Å². The average Bonchev–Trinajstić information content (AvgIpc) is 1.56. The Balaban J connectivity index is 0.0000000984. The van der Waals surface area contributed by atoms with Gasteiger partial charge in [-0.2, -0.15) is 0 Å². The Morgan fingerprint density at radius 1 is 0.260 bits per heavy atom. The largest absolute Gasteiger partial charge is 0.489 e. The van der Waals surface area contributed by atoms with Gasteiger partial charge < -0.3 is 61.7 Å². The molecule has 14 nitrogen and oxygen atoms in total. The number of halogens is 4. The SMILES string of the molecule is Brc1ccc2ccccc2n1.Brc1cccc2c1-c1ccccc1B1Nc3ccccc3N12.Brc1ccccc1-c1ccccc1B1Nc2ccccc2N1.Nc1ccccc1N.OB(O)c1ccccc1-c1ccccc1Br.c1ccc2c(c1)B1N(c3ccc4ccccc4n3)c3ccccc3N1c1ccccc1-2.c1ccc2c(c1)NB1c3ccccc3-c3ccccc3N12. The summed E-state index contributed by atoms with van der Waals surface area (Å²) in [5.74, 6) is 0.966. The van der Waals surface area contributed by atoms with Crippen LogP contribution in [0, 0.1) is 0 Å². The molecule has 628 valence electrons. The third kappa shape index (κ3) is 16.9. The number of nitrogens with one attached hydrogen (secondary N) is 4. The predicted molar refractivity (Wildman–Crippen MR) is 569 cm³/mol. The molecule has 10 N–H and O–H groups in total. The van der Waals surface area contributed by atoms with Crippen LogP contribution in [-0.4, -0.2) is 55.1 Å². The summed E-state index contributed by atoms with van der Waals surface area (Å²) in [5, 5.41) is 35.4. The summed E-state index contributed by atoms with van der Waals surface area (Å²) >= 11 is 14.2. The van der Waals surface area contributed by atoms with Crippen molar-refractivity contribution >= 4 is 228 Å². The molecule has 0 radical (unpaired) electrons. The van der Waals surface area contributed by atoms with Crippen LogP contribution in [0.15, 0.2) is 449 Å². The van der Waals surface area contributed by atoms with Crippen LogP contribution in [0.1, 0.15) is 0 Å². The Bertz CT molecular complexity index is 7420. The first kappa shape index (κ1) is 84.9. The van der Waals surface area contributed by atoms with Crippen molar-refractivity contribution < 1.29 is 10.0 Å². The molecule has 7 aliphatic rings. The fourth-order valence-corrected chi connectivity index (χ4v) is 20.2. The van der Waals surface area contributed by atoms with Crippen molar-refractivity contribution in [2.45, 2.75) is 0 Å². The van der Waals surface area contributed by atoms with E-state index in [9.17, 15) is 10.0 Å². The predicted octanol–water partition coefficient (Wildman–Crippen LogP) is 23.9. The summed E-state index contributed by atoms with van der Waals surface area (Å²) in [7, 11) is -1.46. The minimum atomic E-state index is -1.46. The molecule has 0 saturated carbocycles. The zero-order valence-corrected chi connectivity index (χ0v) is 77.0. The molecule has 0 amide bonds. The van der Waals surface area contributed by atoms with Crippen LogP contribution in [0.2, 0.25) is 0 Å². The molecule has 0 spiro atoms. The maximum atomic E-state index is 9.30. The fraction of sp³-hybridized carbons (Fsp3) is 0. The van der Waals surface area contributed by atoms with Crippen LogP contribution in [-0.2, 0) is 0 Å². The number of hydrogen-bond acceptors (Lipinski definition) is 14. The van der Waals surface area contributed by atoms with Crippen LogP contribution < -0.4 is 78.9 Å². The van der Waals surface area contributed by atoms with Gasteiger partial charge in [-0.3, -0.25) is 0 Å². The highest BCUT2D eigenvalue weighted by atomic mass is 79.9. The summed E-state index contributed by atoms with van der Waals surface area (Å²) < 4.78 is 4.07.